The van der Waals surface area contributed by atoms with Gasteiger partial charge in [-0.15, -0.1) is 0 Å². The number of phenolic OH excluding ortho intramolecular Hbond substituents is 1. The molecule has 0 unspecified atom stereocenters. The topological polar surface area (TPSA) is 46.5 Å². The van der Waals surface area contributed by atoms with E-state index in [-0.39, 0.29) is 46.4 Å². The van der Waals surface area contributed by atoms with Crippen LogP contribution < -0.4 is 4.74 Å². The standard InChI is InChI=1S/C17H26O3.Na.H/c1-8-14(18)20-11-9-12(16(2,3)4)15(19)13(10-11)17(5,6)7;;/h9-10,19H,8H2,1-7H3;;. The van der Waals surface area contributed by atoms with E-state index in [1.165, 1.54) is 0 Å². The van der Waals surface area contributed by atoms with Crippen LogP contribution in [0.3, 0.4) is 0 Å². The summed E-state index contributed by atoms with van der Waals surface area (Å²) in [4.78, 5) is 11.5. The average molecular weight is 302 g/mol. The van der Waals surface area contributed by atoms with E-state index >= 15 is 0 Å². The third-order valence-electron chi connectivity index (χ3n) is 3.22. The van der Waals surface area contributed by atoms with Gasteiger partial charge in [0.15, 0.2) is 0 Å². The number of ether oxygens (including phenoxy) is 1. The van der Waals surface area contributed by atoms with E-state index in [2.05, 4.69) is 0 Å². The maximum atomic E-state index is 11.5. The summed E-state index contributed by atoms with van der Waals surface area (Å²) in [7, 11) is 0. The molecule has 21 heavy (non-hydrogen) atoms. The summed E-state index contributed by atoms with van der Waals surface area (Å²) in [6, 6.07) is 3.52. The molecule has 1 aromatic rings. The van der Waals surface area contributed by atoms with Gasteiger partial charge < -0.3 is 9.84 Å². The Labute approximate surface area is 150 Å². The number of carbonyl (C=O) groups excluding carboxylic acids is 1. The Morgan fingerprint density at radius 3 is 1.71 bits per heavy atom. The summed E-state index contributed by atoms with van der Waals surface area (Å²) in [6.07, 6.45) is 0.330. The van der Waals surface area contributed by atoms with Crippen molar-refractivity contribution in [2.45, 2.75) is 65.7 Å². The third kappa shape index (κ3) is 5.32. The molecule has 0 aliphatic heterocycles. The summed E-state index contributed by atoms with van der Waals surface area (Å²) in [6.45, 7) is 13.9. The van der Waals surface area contributed by atoms with Gasteiger partial charge >= 0.3 is 35.5 Å². The van der Waals surface area contributed by atoms with E-state index in [1.807, 2.05) is 41.5 Å². The second-order valence-corrected chi connectivity index (χ2v) is 7.19. The molecule has 0 atom stereocenters. The molecule has 0 saturated heterocycles. The molecule has 0 heterocycles. The molecule has 3 nitrogen and oxygen atoms in total. The van der Waals surface area contributed by atoms with Crippen molar-refractivity contribution in [3.05, 3.63) is 23.3 Å². The van der Waals surface area contributed by atoms with Crippen LogP contribution in [-0.2, 0) is 15.6 Å². The van der Waals surface area contributed by atoms with Crippen LogP contribution in [0, 0.1) is 0 Å². The molecule has 1 rings (SSSR count). The Bertz CT molecular complexity index is 473. The summed E-state index contributed by atoms with van der Waals surface area (Å²) in [5.41, 5.74) is 1.14. The number of carbonyl (C=O) groups is 1. The Balaban J connectivity index is 0.00000400. The molecule has 0 aliphatic carbocycles. The SMILES string of the molecule is CCC(=O)Oc1cc(C(C)(C)C)c(O)c(C(C)(C)C)c1.[NaH]. The van der Waals surface area contributed by atoms with E-state index in [0.717, 1.165) is 11.1 Å². The Morgan fingerprint density at radius 2 is 1.43 bits per heavy atom. The summed E-state index contributed by atoms with van der Waals surface area (Å²) in [5.74, 6) is 0.529. The molecule has 0 saturated carbocycles. The summed E-state index contributed by atoms with van der Waals surface area (Å²) >= 11 is 0. The molecule has 0 aromatic heterocycles. The van der Waals surface area contributed by atoms with Gasteiger partial charge in [-0.25, -0.2) is 0 Å². The van der Waals surface area contributed by atoms with Gasteiger partial charge in [-0.05, 0) is 23.0 Å². The molecular formula is C17H27NaO3. The molecule has 0 aliphatic rings. The molecule has 0 amide bonds. The first-order valence-corrected chi connectivity index (χ1v) is 7.05. The van der Waals surface area contributed by atoms with Gasteiger partial charge in [0.1, 0.15) is 11.5 Å². The van der Waals surface area contributed by atoms with Crippen molar-refractivity contribution in [3.8, 4) is 11.5 Å². The number of hydrogen-bond donors (Lipinski definition) is 1. The number of benzene rings is 1. The Morgan fingerprint density at radius 1 is 1.05 bits per heavy atom. The molecule has 0 bridgehead atoms. The van der Waals surface area contributed by atoms with Gasteiger partial charge in [-0.2, -0.15) is 0 Å². The second kappa shape index (κ2) is 7.17. The molecule has 1 aromatic carbocycles. The van der Waals surface area contributed by atoms with Crippen molar-refractivity contribution in [2.75, 3.05) is 0 Å². The minimum atomic E-state index is -0.268. The maximum absolute atomic E-state index is 11.5. The number of phenols is 1. The van der Waals surface area contributed by atoms with Crippen LogP contribution in [0.5, 0.6) is 11.5 Å². The first-order valence-electron chi connectivity index (χ1n) is 7.05. The number of aromatic hydroxyl groups is 1. The van der Waals surface area contributed by atoms with Crippen LogP contribution in [0.1, 0.15) is 66.0 Å². The zero-order chi connectivity index (χ0) is 15.7. The monoisotopic (exact) mass is 302 g/mol. The molecule has 1 N–H and O–H groups in total. The second-order valence-electron chi connectivity index (χ2n) is 7.19. The van der Waals surface area contributed by atoms with Crippen LogP contribution in [0.2, 0.25) is 0 Å². The molecular weight excluding hydrogens is 275 g/mol. The van der Waals surface area contributed by atoms with Gasteiger partial charge in [0.05, 0.1) is 0 Å². The van der Waals surface area contributed by atoms with Gasteiger partial charge in [-0.3, -0.25) is 4.79 Å². The molecule has 0 spiro atoms. The Hall–Kier alpha value is -0.510. The van der Waals surface area contributed by atoms with Crippen molar-refractivity contribution in [3.63, 3.8) is 0 Å². The van der Waals surface area contributed by atoms with E-state index in [0.29, 0.717) is 17.9 Å². The van der Waals surface area contributed by atoms with Crippen LogP contribution >= 0.6 is 0 Å². The van der Waals surface area contributed by atoms with Crippen molar-refractivity contribution in [1.29, 1.82) is 0 Å². The van der Waals surface area contributed by atoms with Crippen molar-refractivity contribution < 1.29 is 14.6 Å². The first kappa shape index (κ1) is 20.5. The van der Waals surface area contributed by atoms with Gasteiger partial charge in [0.25, 0.3) is 0 Å². The number of esters is 1. The van der Waals surface area contributed by atoms with Gasteiger partial charge in [0.2, 0.25) is 0 Å². The van der Waals surface area contributed by atoms with Crippen molar-refractivity contribution >= 4 is 35.5 Å². The molecule has 4 heteroatoms. The van der Waals surface area contributed by atoms with Gasteiger partial charge in [-0.1, -0.05) is 48.5 Å². The zero-order valence-corrected chi connectivity index (χ0v) is 13.6. The van der Waals surface area contributed by atoms with E-state index in [1.54, 1.807) is 19.1 Å². The fraction of sp³-hybridized carbons (Fsp3) is 0.588. The third-order valence-corrected chi connectivity index (χ3v) is 3.22. The predicted octanol–water partition coefficient (Wildman–Crippen LogP) is 3.65. The van der Waals surface area contributed by atoms with Crippen LogP contribution in [0.15, 0.2) is 12.1 Å². The van der Waals surface area contributed by atoms with Crippen LogP contribution in [0.25, 0.3) is 0 Å². The number of rotatable bonds is 2. The van der Waals surface area contributed by atoms with Crippen LogP contribution in [-0.4, -0.2) is 40.6 Å². The average Bonchev–Trinajstić information content (AvgIpc) is 2.28. The van der Waals surface area contributed by atoms with Gasteiger partial charge in [0, 0.05) is 17.5 Å². The fourth-order valence-corrected chi connectivity index (χ4v) is 2.01. The number of hydrogen-bond acceptors (Lipinski definition) is 3. The quantitative estimate of drug-likeness (QED) is 0.515. The van der Waals surface area contributed by atoms with Crippen molar-refractivity contribution in [2.24, 2.45) is 0 Å². The molecule has 0 fully saturated rings. The minimum absolute atomic E-state index is 0. The fourth-order valence-electron chi connectivity index (χ4n) is 2.01. The summed E-state index contributed by atoms with van der Waals surface area (Å²) in [5, 5.41) is 10.5. The first-order chi connectivity index (χ1) is 8.96. The predicted molar refractivity (Wildman–Crippen MR) is 88.6 cm³/mol. The molecule has 0 radical (unpaired) electrons. The Kier molecular flexibility index (Phi) is 6.99. The van der Waals surface area contributed by atoms with Crippen LogP contribution in [0.4, 0.5) is 0 Å². The summed E-state index contributed by atoms with van der Waals surface area (Å²) < 4.78 is 5.34. The molecule has 114 valence electrons. The van der Waals surface area contributed by atoms with E-state index in [9.17, 15) is 9.90 Å². The zero-order valence-electron chi connectivity index (χ0n) is 13.6. The van der Waals surface area contributed by atoms with Crippen molar-refractivity contribution in [1.82, 2.24) is 0 Å². The van der Waals surface area contributed by atoms with E-state index in [4.69, 9.17) is 4.74 Å². The normalized spacial score (nSPS) is 11.8. The van der Waals surface area contributed by atoms with E-state index < -0.39 is 0 Å².